The molecule has 0 saturated carbocycles. The molecule has 0 aliphatic carbocycles. The van der Waals surface area contributed by atoms with Crippen LogP contribution in [-0.2, 0) is 24.3 Å². The number of esters is 1. The third-order valence-electron chi connectivity index (χ3n) is 5.29. The van der Waals surface area contributed by atoms with E-state index in [-0.39, 0.29) is 18.3 Å². The Kier molecular flexibility index (Phi) is 4.69. The van der Waals surface area contributed by atoms with Crippen molar-refractivity contribution in [1.29, 1.82) is 0 Å². The van der Waals surface area contributed by atoms with Gasteiger partial charge in [-0.15, -0.1) is 0 Å². The van der Waals surface area contributed by atoms with Crippen LogP contribution in [0.2, 0.25) is 0 Å². The molecule has 0 bridgehead atoms. The number of carbonyl (C=O) groups is 1. The number of hydrogen-bond donors (Lipinski definition) is 0. The van der Waals surface area contributed by atoms with E-state index in [2.05, 4.69) is 35.8 Å². The van der Waals surface area contributed by atoms with Gasteiger partial charge in [-0.05, 0) is 39.7 Å². The van der Waals surface area contributed by atoms with Crippen LogP contribution in [0.4, 0.5) is 14.6 Å². The van der Waals surface area contributed by atoms with Gasteiger partial charge in [0.2, 0.25) is 0 Å². The first-order valence-corrected chi connectivity index (χ1v) is 10.1. The molecule has 2 aliphatic rings. The largest absolute Gasteiger partial charge is 0.455 e. The zero-order valence-corrected chi connectivity index (χ0v) is 17.2. The van der Waals surface area contributed by atoms with Crippen molar-refractivity contribution in [2.24, 2.45) is 0 Å². The molecular weight excluding hydrogens is 458 g/mol. The van der Waals surface area contributed by atoms with Crippen molar-refractivity contribution in [2.45, 2.75) is 26.0 Å². The molecule has 3 aromatic heterocycles. The van der Waals surface area contributed by atoms with E-state index in [1.807, 2.05) is 6.07 Å². The molecule has 2 aliphatic heterocycles. The minimum atomic E-state index is -2.66. The molecule has 6 nitrogen and oxygen atoms in total. The Bertz CT molecular complexity index is 1170. The Labute approximate surface area is 179 Å². The molecule has 5 heterocycles. The van der Waals surface area contributed by atoms with Gasteiger partial charge in [-0.3, -0.25) is 9.97 Å². The van der Waals surface area contributed by atoms with Gasteiger partial charge in [-0.1, -0.05) is 6.07 Å². The zero-order chi connectivity index (χ0) is 20.8. The summed E-state index contributed by atoms with van der Waals surface area (Å²) < 4.78 is 32.5. The molecular formula is C21H15BrF2N4O2. The normalized spacial score (nSPS) is 15.2. The van der Waals surface area contributed by atoms with E-state index in [4.69, 9.17) is 4.74 Å². The molecule has 0 spiro atoms. The highest BCUT2D eigenvalue weighted by Gasteiger charge is 2.28. The quantitative estimate of drug-likeness (QED) is 0.523. The minimum absolute atomic E-state index is 0.169. The maximum Gasteiger partial charge on any atom is 0.340 e. The summed E-state index contributed by atoms with van der Waals surface area (Å²) in [5, 5.41) is 0. The lowest BCUT2D eigenvalue weighted by Crippen LogP contribution is -2.32. The Balaban J connectivity index is 1.49. The van der Waals surface area contributed by atoms with Crippen molar-refractivity contribution in [3.05, 3.63) is 69.3 Å². The first-order valence-electron chi connectivity index (χ1n) is 9.34. The highest BCUT2D eigenvalue weighted by Crippen LogP contribution is 2.34. The maximum absolute atomic E-state index is 13.4. The van der Waals surface area contributed by atoms with Crippen molar-refractivity contribution in [3.63, 3.8) is 0 Å². The summed E-state index contributed by atoms with van der Waals surface area (Å²) in [6.45, 7) is 1.40. The molecule has 0 unspecified atom stereocenters. The van der Waals surface area contributed by atoms with Crippen LogP contribution in [0.25, 0.3) is 11.1 Å². The number of ether oxygens (including phenoxy) is 1. The Morgan fingerprint density at radius 2 is 2.03 bits per heavy atom. The number of fused-ring (bicyclic) bond motifs is 2. The fraction of sp³-hybridized carbons (Fsp3) is 0.238. The second-order valence-electron chi connectivity index (χ2n) is 7.10. The summed E-state index contributed by atoms with van der Waals surface area (Å²) in [6.07, 6.45) is 1.03. The Morgan fingerprint density at radius 1 is 1.17 bits per heavy atom. The van der Waals surface area contributed by atoms with E-state index in [0.717, 1.165) is 17.1 Å². The highest BCUT2D eigenvalue weighted by molar-refractivity contribution is 9.10. The summed E-state index contributed by atoms with van der Waals surface area (Å²) in [5.41, 5.74) is 3.72. The first-order chi connectivity index (χ1) is 14.5. The molecule has 0 amide bonds. The number of aromatic nitrogens is 3. The third-order valence-corrected chi connectivity index (χ3v) is 5.88. The van der Waals surface area contributed by atoms with Crippen LogP contribution in [-0.4, -0.2) is 27.5 Å². The lowest BCUT2D eigenvalue weighted by Gasteiger charge is -2.30. The van der Waals surface area contributed by atoms with Crippen molar-refractivity contribution in [1.82, 2.24) is 15.0 Å². The molecule has 5 rings (SSSR count). The second kappa shape index (κ2) is 7.39. The monoisotopic (exact) mass is 472 g/mol. The van der Waals surface area contributed by atoms with E-state index in [1.165, 1.54) is 6.20 Å². The van der Waals surface area contributed by atoms with E-state index < -0.39 is 6.43 Å². The van der Waals surface area contributed by atoms with Gasteiger partial charge in [0.15, 0.2) is 0 Å². The third kappa shape index (κ3) is 3.23. The van der Waals surface area contributed by atoms with Gasteiger partial charge < -0.3 is 9.64 Å². The number of anilines is 1. The van der Waals surface area contributed by atoms with Crippen LogP contribution in [0, 0.1) is 0 Å². The predicted molar refractivity (Wildman–Crippen MR) is 108 cm³/mol. The van der Waals surface area contributed by atoms with Crippen LogP contribution in [0.5, 0.6) is 0 Å². The standard InChI is InChI=1S/C21H15BrF2N4O2/c22-15-7-14-17(10-30-21(14)29)27-20(15)28-5-3-16-12(9-28)6-11(8-26-16)13-2-1-4-25-18(13)19(23)24/h1-2,4,6-8,19H,3,5,9-10H2. The van der Waals surface area contributed by atoms with Gasteiger partial charge in [-0.2, -0.15) is 0 Å². The molecule has 0 radical (unpaired) electrons. The summed E-state index contributed by atoms with van der Waals surface area (Å²) >= 11 is 3.51. The number of cyclic esters (lactones) is 1. The first kappa shape index (κ1) is 19.0. The van der Waals surface area contributed by atoms with Gasteiger partial charge in [0.25, 0.3) is 6.43 Å². The fourth-order valence-corrected chi connectivity index (χ4v) is 4.39. The number of pyridine rings is 3. The molecule has 9 heteroatoms. The molecule has 3 aromatic rings. The summed E-state index contributed by atoms with van der Waals surface area (Å²) in [7, 11) is 0. The number of rotatable bonds is 3. The van der Waals surface area contributed by atoms with Gasteiger partial charge in [0.05, 0.1) is 15.7 Å². The predicted octanol–water partition coefficient (Wildman–Crippen LogP) is 4.47. The van der Waals surface area contributed by atoms with E-state index in [0.29, 0.717) is 46.4 Å². The van der Waals surface area contributed by atoms with Gasteiger partial charge in [0, 0.05) is 48.7 Å². The molecule has 0 N–H and O–H groups in total. The topological polar surface area (TPSA) is 68.2 Å². The number of hydrogen-bond acceptors (Lipinski definition) is 6. The van der Waals surface area contributed by atoms with Crippen LogP contribution in [0.1, 0.15) is 39.4 Å². The SMILES string of the molecule is O=C1OCc2nc(N3CCc4ncc(-c5cccnc5C(F)F)cc4C3)c(Br)cc21. The van der Waals surface area contributed by atoms with Crippen LogP contribution >= 0.6 is 15.9 Å². The molecule has 0 fully saturated rings. The summed E-state index contributed by atoms with van der Waals surface area (Å²) in [4.78, 5) is 26.8. The van der Waals surface area contributed by atoms with Crippen LogP contribution < -0.4 is 4.90 Å². The van der Waals surface area contributed by atoms with Crippen LogP contribution in [0.15, 0.2) is 41.1 Å². The van der Waals surface area contributed by atoms with Gasteiger partial charge >= 0.3 is 5.97 Å². The van der Waals surface area contributed by atoms with Crippen LogP contribution in [0.3, 0.4) is 0 Å². The fourth-order valence-electron chi connectivity index (χ4n) is 3.83. The van der Waals surface area contributed by atoms with E-state index >= 15 is 0 Å². The molecule has 0 saturated heterocycles. The average molecular weight is 473 g/mol. The van der Waals surface area contributed by atoms with Crippen molar-refractivity contribution in [2.75, 3.05) is 11.4 Å². The molecule has 0 atom stereocenters. The number of carbonyl (C=O) groups excluding carboxylic acids is 1. The number of nitrogens with zero attached hydrogens (tertiary/aromatic N) is 4. The van der Waals surface area contributed by atoms with E-state index in [9.17, 15) is 13.6 Å². The van der Waals surface area contributed by atoms with Gasteiger partial charge in [0.1, 0.15) is 18.1 Å². The smallest absolute Gasteiger partial charge is 0.340 e. The number of alkyl halides is 2. The molecule has 0 aromatic carbocycles. The minimum Gasteiger partial charge on any atom is -0.455 e. The molecule has 152 valence electrons. The Hall–Kier alpha value is -2.94. The number of halogens is 3. The molecule has 30 heavy (non-hydrogen) atoms. The lowest BCUT2D eigenvalue weighted by atomic mass is 9.99. The van der Waals surface area contributed by atoms with Crippen molar-refractivity contribution >= 4 is 27.7 Å². The lowest BCUT2D eigenvalue weighted by molar-refractivity contribution is 0.0533. The van der Waals surface area contributed by atoms with Crippen molar-refractivity contribution in [3.8, 4) is 11.1 Å². The summed E-state index contributed by atoms with van der Waals surface area (Å²) in [5.74, 6) is 0.353. The average Bonchev–Trinajstić information content (AvgIpc) is 3.12. The van der Waals surface area contributed by atoms with Crippen molar-refractivity contribution < 1.29 is 18.3 Å². The van der Waals surface area contributed by atoms with E-state index in [1.54, 1.807) is 24.4 Å². The second-order valence-corrected chi connectivity index (χ2v) is 7.96. The summed E-state index contributed by atoms with van der Waals surface area (Å²) in [6, 6.07) is 6.91. The van der Waals surface area contributed by atoms with Gasteiger partial charge in [-0.25, -0.2) is 18.6 Å². The Morgan fingerprint density at radius 3 is 2.87 bits per heavy atom. The maximum atomic E-state index is 13.4. The highest BCUT2D eigenvalue weighted by atomic mass is 79.9. The zero-order valence-electron chi connectivity index (χ0n) is 15.6.